The number of nitrogens with one attached hydrogen (secondary N) is 1. The summed E-state index contributed by atoms with van der Waals surface area (Å²) in [4.78, 5) is 9.21. The van der Waals surface area contributed by atoms with E-state index in [9.17, 15) is 0 Å². The second-order valence-corrected chi connectivity index (χ2v) is 6.29. The van der Waals surface area contributed by atoms with Crippen molar-refractivity contribution in [1.29, 1.82) is 0 Å². The summed E-state index contributed by atoms with van der Waals surface area (Å²) in [6.07, 6.45) is 0.704. The van der Waals surface area contributed by atoms with Gasteiger partial charge in [0.25, 0.3) is 0 Å². The maximum atomic E-state index is 5.91. The van der Waals surface area contributed by atoms with Gasteiger partial charge in [0.15, 0.2) is 0 Å². The molecule has 0 saturated carbocycles. The van der Waals surface area contributed by atoms with Crippen LogP contribution in [0.1, 0.15) is 37.9 Å². The molecular weight excluding hydrogens is 270 g/mol. The van der Waals surface area contributed by atoms with E-state index in [0.717, 1.165) is 27.9 Å². The minimum absolute atomic E-state index is 0.00326. The molecule has 2 rings (SSSR count). The lowest BCUT2D eigenvalue weighted by molar-refractivity contribution is 0.563. The fourth-order valence-electron chi connectivity index (χ4n) is 1.87. The van der Waals surface area contributed by atoms with E-state index in [2.05, 4.69) is 36.1 Å². The van der Waals surface area contributed by atoms with Crippen LogP contribution in [0.5, 0.6) is 0 Å². The molecule has 0 fully saturated rings. The Hall–Kier alpha value is -1.61. The maximum Gasteiger partial charge on any atom is 0.135 e. The molecule has 4 heteroatoms. The zero-order chi connectivity index (χ0) is 14.8. The summed E-state index contributed by atoms with van der Waals surface area (Å²) >= 11 is 5.91. The van der Waals surface area contributed by atoms with Crippen molar-refractivity contribution in [3.05, 3.63) is 52.4 Å². The number of anilines is 1. The molecule has 0 bridgehead atoms. The summed E-state index contributed by atoms with van der Waals surface area (Å²) in [5, 5.41) is 3.85. The third-order valence-electron chi connectivity index (χ3n) is 3.07. The zero-order valence-electron chi connectivity index (χ0n) is 12.4. The number of halogens is 1. The summed E-state index contributed by atoms with van der Waals surface area (Å²) in [7, 11) is 1.88. The molecule has 0 atom stereocenters. The molecule has 1 aromatic carbocycles. The fourth-order valence-corrected chi connectivity index (χ4v) is 2.00. The summed E-state index contributed by atoms with van der Waals surface area (Å²) in [6, 6.07) is 9.81. The van der Waals surface area contributed by atoms with E-state index in [1.165, 1.54) is 0 Å². The molecule has 3 nitrogen and oxygen atoms in total. The lowest BCUT2D eigenvalue weighted by atomic mass is 9.92. The Bertz CT molecular complexity index is 586. The van der Waals surface area contributed by atoms with E-state index in [1.54, 1.807) is 0 Å². The summed E-state index contributed by atoms with van der Waals surface area (Å²) in [6.45, 7) is 6.46. The van der Waals surface area contributed by atoms with Gasteiger partial charge < -0.3 is 5.32 Å². The molecule has 0 aliphatic heterocycles. The SMILES string of the molecule is CNc1cc(C(C)(C)C)nc(Cc2ccc(Cl)cc2)n1. The first-order valence-corrected chi connectivity index (χ1v) is 7.07. The standard InChI is InChI=1S/C16H20ClN3/c1-16(2,3)13-10-14(18-4)20-15(19-13)9-11-5-7-12(17)8-6-11/h5-8,10H,9H2,1-4H3,(H,18,19,20). The van der Waals surface area contributed by atoms with E-state index in [0.29, 0.717) is 6.42 Å². The molecule has 0 radical (unpaired) electrons. The Labute approximate surface area is 125 Å². The second-order valence-electron chi connectivity index (χ2n) is 5.86. The predicted octanol–water partition coefficient (Wildman–Crippen LogP) is 4.06. The van der Waals surface area contributed by atoms with Gasteiger partial charge in [0, 0.05) is 30.0 Å². The second kappa shape index (κ2) is 5.80. The molecule has 106 valence electrons. The lowest BCUT2D eigenvalue weighted by Crippen LogP contribution is -2.16. The van der Waals surface area contributed by atoms with Gasteiger partial charge in [-0.1, -0.05) is 44.5 Å². The summed E-state index contributed by atoms with van der Waals surface area (Å²) < 4.78 is 0. The van der Waals surface area contributed by atoms with Gasteiger partial charge in [0.05, 0.1) is 5.69 Å². The largest absolute Gasteiger partial charge is 0.373 e. The average molecular weight is 290 g/mol. The van der Waals surface area contributed by atoms with E-state index in [4.69, 9.17) is 11.6 Å². The first-order chi connectivity index (χ1) is 9.38. The van der Waals surface area contributed by atoms with Crippen molar-refractivity contribution in [2.75, 3.05) is 12.4 Å². The number of hydrogen-bond acceptors (Lipinski definition) is 3. The minimum atomic E-state index is 0.00326. The van der Waals surface area contributed by atoms with E-state index in [-0.39, 0.29) is 5.41 Å². The van der Waals surface area contributed by atoms with Gasteiger partial charge in [0.2, 0.25) is 0 Å². The molecule has 0 spiro atoms. The highest BCUT2D eigenvalue weighted by molar-refractivity contribution is 6.30. The molecular formula is C16H20ClN3. The summed E-state index contributed by atoms with van der Waals surface area (Å²) in [5.74, 6) is 1.68. The van der Waals surface area contributed by atoms with Gasteiger partial charge in [-0.2, -0.15) is 0 Å². The van der Waals surface area contributed by atoms with E-state index in [1.807, 2.05) is 37.4 Å². The number of aromatic nitrogens is 2. The first-order valence-electron chi connectivity index (χ1n) is 6.69. The molecule has 0 saturated heterocycles. The van der Waals surface area contributed by atoms with Crippen molar-refractivity contribution >= 4 is 17.4 Å². The molecule has 1 aromatic heterocycles. The zero-order valence-corrected chi connectivity index (χ0v) is 13.1. The lowest BCUT2D eigenvalue weighted by Gasteiger charge is -2.19. The average Bonchev–Trinajstić information content (AvgIpc) is 2.40. The van der Waals surface area contributed by atoms with Crippen LogP contribution >= 0.6 is 11.6 Å². The fraction of sp³-hybridized carbons (Fsp3) is 0.375. The Morgan fingerprint density at radius 1 is 1.10 bits per heavy atom. The molecule has 20 heavy (non-hydrogen) atoms. The molecule has 0 aliphatic rings. The van der Waals surface area contributed by atoms with E-state index >= 15 is 0 Å². The normalized spacial score (nSPS) is 11.4. The smallest absolute Gasteiger partial charge is 0.135 e. The van der Waals surface area contributed by atoms with Crippen molar-refractivity contribution in [2.24, 2.45) is 0 Å². The van der Waals surface area contributed by atoms with Crippen LogP contribution in [-0.4, -0.2) is 17.0 Å². The van der Waals surface area contributed by atoms with Crippen LogP contribution in [-0.2, 0) is 11.8 Å². The highest BCUT2D eigenvalue weighted by Crippen LogP contribution is 2.23. The van der Waals surface area contributed by atoms with Gasteiger partial charge in [-0.25, -0.2) is 9.97 Å². The topological polar surface area (TPSA) is 37.8 Å². The van der Waals surface area contributed by atoms with Gasteiger partial charge in [-0.05, 0) is 17.7 Å². The van der Waals surface area contributed by atoms with Crippen LogP contribution in [0.25, 0.3) is 0 Å². The van der Waals surface area contributed by atoms with Crippen molar-refractivity contribution < 1.29 is 0 Å². The molecule has 0 unspecified atom stereocenters. The quantitative estimate of drug-likeness (QED) is 0.926. The van der Waals surface area contributed by atoms with Crippen LogP contribution < -0.4 is 5.32 Å². The Morgan fingerprint density at radius 2 is 1.75 bits per heavy atom. The number of nitrogens with zero attached hydrogens (tertiary/aromatic N) is 2. The number of benzene rings is 1. The predicted molar refractivity (Wildman–Crippen MR) is 84.5 cm³/mol. The van der Waals surface area contributed by atoms with Crippen molar-refractivity contribution in [3.8, 4) is 0 Å². The third-order valence-corrected chi connectivity index (χ3v) is 3.32. The molecule has 1 heterocycles. The Kier molecular flexibility index (Phi) is 4.29. The summed E-state index contributed by atoms with van der Waals surface area (Å²) in [5.41, 5.74) is 2.20. The van der Waals surface area contributed by atoms with Crippen LogP contribution in [0.15, 0.2) is 30.3 Å². The Balaban J connectivity index is 2.33. The van der Waals surface area contributed by atoms with Gasteiger partial charge in [-0.15, -0.1) is 0 Å². The van der Waals surface area contributed by atoms with Crippen molar-refractivity contribution in [1.82, 2.24) is 9.97 Å². The molecule has 2 aromatic rings. The minimum Gasteiger partial charge on any atom is -0.373 e. The number of rotatable bonds is 3. The van der Waals surface area contributed by atoms with Crippen LogP contribution in [0.4, 0.5) is 5.82 Å². The van der Waals surface area contributed by atoms with Gasteiger partial charge >= 0.3 is 0 Å². The monoisotopic (exact) mass is 289 g/mol. The van der Waals surface area contributed by atoms with E-state index < -0.39 is 0 Å². The van der Waals surface area contributed by atoms with Crippen LogP contribution in [0, 0.1) is 0 Å². The molecule has 0 aliphatic carbocycles. The third kappa shape index (κ3) is 3.70. The molecule has 0 amide bonds. The Morgan fingerprint density at radius 3 is 2.30 bits per heavy atom. The van der Waals surface area contributed by atoms with Crippen LogP contribution in [0.3, 0.4) is 0 Å². The highest BCUT2D eigenvalue weighted by atomic mass is 35.5. The highest BCUT2D eigenvalue weighted by Gasteiger charge is 2.17. The van der Waals surface area contributed by atoms with Crippen molar-refractivity contribution in [3.63, 3.8) is 0 Å². The van der Waals surface area contributed by atoms with Crippen molar-refractivity contribution in [2.45, 2.75) is 32.6 Å². The van der Waals surface area contributed by atoms with Gasteiger partial charge in [0.1, 0.15) is 11.6 Å². The molecule has 1 N–H and O–H groups in total. The number of hydrogen-bond donors (Lipinski definition) is 1. The maximum absolute atomic E-state index is 5.91. The first kappa shape index (κ1) is 14.8. The van der Waals surface area contributed by atoms with Crippen LogP contribution in [0.2, 0.25) is 5.02 Å². The van der Waals surface area contributed by atoms with Gasteiger partial charge in [-0.3, -0.25) is 0 Å².